The third kappa shape index (κ3) is 2.33. The van der Waals surface area contributed by atoms with Gasteiger partial charge in [0, 0.05) is 25.0 Å². The Kier molecular flexibility index (Phi) is 3.31. The summed E-state index contributed by atoms with van der Waals surface area (Å²) in [7, 11) is 1.72. The molecule has 0 radical (unpaired) electrons. The molecule has 7 nitrogen and oxygen atoms in total. The summed E-state index contributed by atoms with van der Waals surface area (Å²) in [4.78, 5) is 24.6. The third-order valence-electron chi connectivity index (χ3n) is 2.96. The molecular weight excluding hydrogens is 270 g/mol. The van der Waals surface area contributed by atoms with Crippen LogP contribution in [0.5, 0.6) is 0 Å². The molecule has 0 aliphatic rings. The number of carbonyl (C=O) groups is 1. The van der Waals surface area contributed by atoms with Gasteiger partial charge in [-0.1, -0.05) is 6.07 Å². The molecule has 21 heavy (non-hydrogen) atoms. The molecule has 2 heterocycles. The molecule has 0 aliphatic heterocycles. The van der Waals surface area contributed by atoms with Gasteiger partial charge in [0.05, 0.1) is 17.6 Å². The molecule has 0 saturated carbocycles. The highest BCUT2D eigenvalue weighted by Crippen LogP contribution is 2.24. The Balaban J connectivity index is 2.13. The molecule has 0 fully saturated rings. The van der Waals surface area contributed by atoms with Crippen molar-refractivity contribution >= 4 is 17.0 Å². The van der Waals surface area contributed by atoms with Crippen LogP contribution in [0.3, 0.4) is 0 Å². The van der Waals surface area contributed by atoms with Crippen molar-refractivity contribution in [1.29, 1.82) is 0 Å². The van der Waals surface area contributed by atoms with Crippen LogP contribution in [-0.2, 0) is 11.8 Å². The first-order chi connectivity index (χ1) is 10.2. The van der Waals surface area contributed by atoms with Crippen molar-refractivity contribution in [2.24, 2.45) is 7.05 Å². The largest absolute Gasteiger partial charge is 0.460 e. The van der Waals surface area contributed by atoms with Crippen LogP contribution in [0.4, 0.5) is 0 Å². The molecule has 0 atom stereocenters. The van der Waals surface area contributed by atoms with Gasteiger partial charge in [0.1, 0.15) is 0 Å². The summed E-state index contributed by atoms with van der Waals surface area (Å²) < 4.78 is 6.45. The molecule has 0 unspecified atom stereocenters. The standard InChI is InChI=1S/C14H13N5O2/c1-3-21-14(20)12-17-13(19(2)18-12)9-5-4-6-10-11(9)16-8-7-15-10/h4-8H,3H2,1-2H3. The molecular formula is C14H13N5O2. The Bertz CT molecular complexity index is 807. The minimum Gasteiger partial charge on any atom is -0.460 e. The molecule has 106 valence electrons. The van der Waals surface area contributed by atoms with Crippen molar-refractivity contribution in [1.82, 2.24) is 24.7 Å². The highest BCUT2D eigenvalue weighted by Gasteiger charge is 2.18. The summed E-state index contributed by atoms with van der Waals surface area (Å²) >= 11 is 0. The zero-order chi connectivity index (χ0) is 14.8. The number of esters is 1. The molecule has 1 aromatic carbocycles. The first-order valence-electron chi connectivity index (χ1n) is 6.49. The Morgan fingerprint density at radius 2 is 2.10 bits per heavy atom. The molecule has 0 aliphatic carbocycles. The fraction of sp³-hybridized carbons (Fsp3) is 0.214. The van der Waals surface area contributed by atoms with Crippen LogP contribution in [-0.4, -0.2) is 37.3 Å². The minimum absolute atomic E-state index is 0.0373. The van der Waals surface area contributed by atoms with E-state index in [1.165, 1.54) is 4.68 Å². The molecule has 0 spiro atoms. The van der Waals surface area contributed by atoms with Gasteiger partial charge in [0.15, 0.2) is 5.82 Å². The zero-order valence-corrected chi connectivity index (χ0v) is 11.6. The van der Waals surface area contributed by atoms with E-state index in [1.807, 2.05) is 18.2 Å². The van der Waals surface area contributed by atoms with Crippen LogP contribution >= 0.6 is 0 Å². The number of benzene rings is 1. The minimum atomic E-state index is -0.536. The second-order valence-corrected chi connectivity index (χ2v) is 4.33. The van der Waals surface area contributed by atoms with E-state index in [2.05, 4.69) is 20.1 Å². The van der Waals surface area contributed by atoms with Crippen molar-refractivity contribution in [2.75, 3.05) is 6.61 Å². The lowest BCUT2D eigenvalue weighted by Crippen LogP contribution is -2.07. The van der Waals surface area contributed by atoms with Gasteiger partial charge in [-0.2, -0.15) is 0 Å². The molecule has 0 N–H and O–H groups in total. The van der Waals surface area contributed by atoms with Crippen LogP contribution in [0.2, 0.25) is 0 Å². The van der Waals surface area contributed by atoms with Gasteiger partial charge in [-0.3, -0.25) is 9.97 Å². The van der Waals surface area contributed by atoms with Crippen molar-refractivity contribution in [3.05, 3.63) is 36.4 Å². The number of hydrogen-bond acceptors (Lipinski definition) is 6. The second-order valence-electron chi connectivity index (χ2n) is 4.33. The van der Waals surface area contributed by atoms with Crippen LogP contribution in [0.15, 0.2) is 30.6 Å². The second kappa shape index (κ2) is 5.28. The van der Waals surface area contributed by atoms with Gasteiger partial charge in [-0.15, -0.1) is 5.10 Å². The van der Waals surface area contributed by atoms with Gasteiger partial charge in [0.25, 0.3) is 5.82 Å². The van der Waals surface area contributed by atoms with Crippen LogP contribution < -0.4 is 0 Å². The lowest BCUT2D eigenvalue weighted by molar-refractivity contribution is 0.0512. The Morgan fingerprint density at radius 3 is 2.90 bits per heavy atom. The Labute approximate surface area is 120 Å². The third-order valence-corrected chi connectivity index (χ3v) is 2.96. The van der Waals surface area contributed by atoms with E-state index in [9.17, 15) is 4.79 Å². The Morgan fingerprint density at radius 1 is 1.29 bits per heavy atom. The SMILES string of the molecule is CCOC(=O)c1nc(-c2cccc3nccnc23)n(C)n1. The predicted molar refractivity (Wildman–Crippen MR) is 75.5 cm³/mol. The van der Waals surface area contributed by atoms with Crippen molar-refractivity contribution in [3.8, 4) is 11.4 Å². The average Bonchev–Trinajstić information content (AvgIpc) is 2.89. The number of fused-ring (bicyclic) bond motifs is 1. The number of aryl methyl sites for hydroxylation is 1. The summed E-state index contributed by atoms with van der Waals surface area (Å²) in [5.41, 5.74) is 2.24. The summed E-state index contributed by atoms with van der Waals surface area (Å²) in [6.45, 7) is 2.02. The molecule has 0 saturated heterocycles. The predicted octanol–water partition coefficient (Wildman–Crippen LogP) is 1.60. The maximum atomic E-state index is 11.7. The monoisotopic (exact) mass is 283 g/mol. The van der Waals surface area contributed by atoms with Crippen LogP contribution in [0.1, 0.15) is 17.5 Å². The van der Waals surface area contributed by atoms with Gasteiger partial charge in [-0.25, -0.2) is 14.5 Å². The molecule has 0 bridgehead atoms. The van der Waals surface area contributed by atoms with Crippen LogP contribution in [0, 0.1) is 0 Å². The van der Waals surface area contributed by atoms with E-state index < -0.39 is 5.97 Å². The number of hydrogen-bond donors (Lipinski definition) is 0. The topological polar surface area (TPSA) is 82.8 Å². The van der Waals surface area contributed by atoms with Gasteiger partial charge < -0.3 is 4.74 Å². The van der Waals surface area contributed by atoms with Gasteiger partial charge in [-0.05, 0) is 19.1 Å². The average molecular weight is 283 g/mol. The molecule has 7 heteroatoms. The first-order valence-corrected chi connectivity index (χ1v) is 6.49. The van der Waals surface area contributed by atoms with E-state index in [-0.39, 0.29) is 12.4 Å². The number of ether oxygens (including phenoxy) is 1. The zero-order valence-electron chi connectivity index (χ0n) is 11.6. The van der Waals surface area contributed by atoms with E-state index in [1.54, 1.807) is 26.4 Å². The van der Waals surface area contributed by atoms with E-state index >= 15 is 0 Å². The van der Waals surface area contributed by atoms with Crippen molar-refractivity contribution in [2.45, 2.75) is 6.92 Å². The maximum absolute atomic E-state index is 11.7. The molecule has 0 amide bonds. The Hall–Kier alpha value is -2.83. The summed E-state index contributed by atoms with van der Waals surface area (Å²) in [5.74, 6) is 0.0464. The van der Waals surface area contributed by atoms with E-state index in [4.69, 9.17) is 4.74 Å². The number of para-hydroxylation sites is 1. The number of carbonyl (C=O) groups excluding carboxylic acids is 1. The normalized spacial score (nSPS) is 10.8. The van der Waals surface area contributed by atoms with E-state index in [0.717, 1.165) is 11.1 Å². The smallest absolute Gasteiger partial charge is 0.378 e. The molecule has 3 aromatic rings. The summed E-state index contributed by atoms with van der Waals surface area (Å²) in [6.07, 6.45) is 3.25. The highest BCUT2D eigenvalue weighted by atomic mass is 16.5. The van der Waals surface area contributed by atoms with Gasteiger partial charge in [0.2, 0.25) is 0 Å². The highest BCUT2D eigenvalue weighted by molar-refractivity contribution is 5.90. The number of aromatic nitrogens is 5. The summed E-state index contributed by atoms with van der Waals surface area (Å²) in [6, 6.07) is 5.61. The molecule has 3 rings (SSSR count). The van der Waals surface area contributed by atoms with Crippen molar-refractivity contribution < 1.29 is 9.53 Å². The first kappa shape index (κ1) is 13.2. The molecule has 2 aromatic heterocycles. The van der Waals surface area contributed by atoms with E-state index in [0.29, 0.717) is 11.3 Å². The summed E-state index contributed by atoms with van der Waals surface area (Å²) in [5, 5.41) is 4.10. The van der Waals surface area contributed by atoms with Gasteiger partial charge >= 0.3 is 5.97 Å². The van der Waals surface area contributed by atoms with Crippen molar-refractivity contribution in [3.63, 3.8) is 0 Å². The lowest BCUT2D eigenvalue weighted by atomic mass is 10.1. The van der Waals surface area contributed by atoms with Crippen LogP contribution in [0.25, 0.3) is 22.4 Å². The number of nitrogens with zero attached hydrogens (tertiary/aromatic N) is 5. The number of rotatable bonds is 3. The lowest BCUT2D eigenvalue weighted by Gasteiger charge is -2.03. The fourth-order valence-electron chi connectivity index (χ4n) is 2.07. The fourth-order valence-corrected chi connectivity index (χ4v) is 2.07. The maximum Gasteiger partial charge on any atom is 0.378 e. The quantitative estimate of drug-likeness (QED) is 0.679.